The first-order valence-corrected chi connectivity index (χ1v) is 21.1. The molecule has 0 saturated carbocycles. The van der Waals surface area contributed by atoms with Crippen LogP contribution in [0.15, 0.2) is 22.2 Å². The molecule has 12 atom stereocenters. The zero-order valence-electron chi connectivity index (χ0n) is 27.6. The molecule has 4 aromatic heterocycles. The Kier molecular flexibility index (Phi) is 11.4. The summed E-state index contributed by atoms with van der Waals surface area (Å²) in [5.41, 5.74) is 8.93. The number of phosphoric ester groups is 2. The van der Waals surface area contributed by atoms with E-state index >= 15 is 4.39 Å². The van der Waals surface area contributed by atoms with Crippen LogP contribution in [-0.2, 0) is 56.8 Å². The molecule has 6 unspecified atom stereocenters. The van der Waals surface area contributed by atoms with Gasteiger partial charge in [0.15, 0.2) is 23.6 Å². The summed E-state index contributed by atoms with van der Waals surface area (Å²) >= 11 is 0. The Morgan fingerprint density at radius 3 is 1.88 bits per heavy atom. The Balaban J connectivity index is 1.03. The maximum atomic E-state index is 15.1. The molecule has 2 aliphatic rings. The lowest BCUT2D eigenvalue weighted by molar-refractivity contribution is -0.646. The second-order valence-electron chi connectivity index (χ2n) is 11.8. The first kappa shape index (κ1) is 42.2. The SMILES string of the molecule is C[n+]1cn([C@@H]2O[C@H](COP(=O)(O)OP(=O)(O)OP(=O)(O)OP(=O)(O)OC[C@H]3O[C@@H](n4cnc5c(=O)[nH]c(N)nc54)[C@@H](O)C3O)C(O)[C@@H]2F)c2nc(N)[nH]c(=O)c21. The van der Waals surface area contributed by atoms with Crippen molar-refractivity contribution < 1.29 is 93.6 Å². The van der Waals surface area contributed by atoms with Crippen molar-refractivity contribution in [2.45, 2.75) is 49.1 Å². The van der Waals surface area contributed by atoms with Gasteiger partial charge in [0, 0.05) is 0 Å². The summed E-state index contributed by atoms with van der Waals surface area (Å²) < 4.78 is 99.2. The van der Waals surface area contributed by atoms with Crippen LogP contribution in [-0.4, -0.2) is 119 Å². The molecule has 30 nitrogen and oxygen atoms in total. The number of aromatic amines is 2. The van der Waals surface area contributed by atoms with Gasteiger partial charge in [0.25, 0.3) is 16.7 Å². The number of rotatable bonds is 14. The van der Waals surface area contributed by atoms with Gasteiger partial charge >= 0.3 is 36.9 Å². The van der Waals surface area contributed by atoms with Gasteiger partial charge in [0.2, 0.25) is 24.5 Å². The number of fused-ring (bicyclic) bond motifs is 2. The minimum atomic E-state index is -6.27. The second kappa shape index (κ2) is 15.1. The number of ether oxygens (including phenoxy) is 2. The number of nitrogen functional groups attached to an aromatic ring is 2. The maximum Gasteiger partial charge on any atom is 0.490 e. The van der Waals surface area contributed by atoms with Gasteiger partial charge in [0.05, 0.1) is 26.6 Å². The van der Waals surface area contributed by atoms with Gasteiger partial charge in [-0.2, -0.15) is 27.5 Å². The third-order valence-corrected chi connectivity index (χ3v) is 13.7. The Morgan fingerprint density at radius 1 is 0.786 bits per heavy atom. The predicted molar refractivity (Wildman–Crippen MR) is 174 cm³/mol. The van der Waals surface area contributed by atoms with E-state index in [0.717, 1.165) is 15.5 Å². The molecule has 13 N–H and O–H groups in total. The summed E-state index contributed by atoms with van der Waals surface area (Å²) in [5, 5.41) is 31.3. The van der Waals surface area contributed by atoms with Crippen LogP contribution >= 0.6 is 31.3 Å². The van der Waals surface area contributed by atoms with Crippen LogP contribution in [0, 0.1) is 0 Å². The molecule has 310 valence electrons. The number of nitrogens with zero attached hydrogens (tertiary/aromatic N) is 6. The number of aliphatic hydroxyl groups excluding tert-OH is 3. The maximum absolute atomic E-state index is 15.1. The molecule has 0 bridgehead atoms. The molecule has 0 radical (unpaired) electrons. The van der Waals surface area contributed by atoms with Crippen LogP contribution in [0.3, 0.4) is 0 Å². The molecule has 2 saturated heterocycles. The van der Waals surface area contributed by atoms with Crippen LogP contribution in [0.25, 0.3) is 22.3 Å². The third kappa shape index (κ3) is 8.70. The Morgan fingerprint density at radius 2 is 1.29 bits per heavy atom. The lowest BCUT2D eigenvalue weighted by Gasteiger charge is -2.21. The van der Waals surface area contributed by atoms with Gasteiger partial charge in [0.1, 0.15) is 30.5 Å². The summed E-state index contributed by atoms with van der Waals surface area (Å²) in [5.74, 6) is -0.693. The van der Waals surface area contributed by atoms with E-state index in [1.807, 2.05) is 0 Å². The lowest BCUT2D eigenvalue weighted by atomic mass is 10.1. The van der Waals surface area contributed by atoms with Gasteiger partial charge in [-0.25, -0.2) is 32.2 Å². The fourth-order valence-corrected chi connectivity index (χ4v) is 10.5. The molecule has 0 spiro atoms. The molecule has 56 heavy (non-hydrogen) atoms. The number of aromatic nitrogens is 8. The summed E-state index contributed by atoms with van der Waals surface area (Å²) in [4.78, 5) is 80.0. The summed E-state index contributed by atoms with van der Waals surface area (Å²) in [6.07, 6.45) is -12.7. The van der Waals surface area contributed by atoms with Crippen LogP contribution in [0.2, 0.25) is 0 Å². The van der Waals surface area contributed by atoms with Crippen molar-refractivity contribution in [1.29, 1.82) is 0 Å². The van der Waals surface area contributed by atoms with Crippen molar-refractivity contribution in [3.8, 4) is 0 Å². The largest absolute Gasteiger partial charge is 0.490 e. The number of imidazole rings is 2. The molecular weight excluding hydrogens is 855 g/mol. The fraction of sp³-hybridized carbons (Fsp3) is 0.524. The van der Waals surface area contributed by atoms with E-state index in [1.165, 1.54) is 17.9 Å². The molecule has 6 rings (SSSR count). The van der Waals surface area contributed by atoms with Gasteiger partial charge in [-0.15, -0.1) is 0 Å². The molecule has 0 aromatic carbocycles. The van der Waals surface area contributed by atoms with Gasteiger partial charge < -0.3 is 55.8 Å². The molecule has 2 fully saturated rings. The zero-order valence-corrected chi connectivity index (χ0v) is 31.2. The highest BCUT2D eigenvalue weighted by atomic mass is 31.3. The molecule has 4 aromatic rings. The third-order valence-electron chi connectivity index (χ3n) is 7.84. The fourth-order valence-electron chi connectivity index (χ4n) is 5.55. The second-order valence-corrected chi connectivity index (χ2v) is 18.0. The number of aryl methyl sites for hydroxylation is 1. The van der Waals surface area contributed by atoms with Gasteiger partial charge in [-0.3, -0.25) is 33.2 Å². The number of aliphatic hydroxyl groups is 3. The average Bonchev–Trinajstić information content (AvgIpc) is 3.77. The van der Waals surface area contributed by atoms with E-state index in [-0.39, 0.29) is 34.2 Å². The minimum absolute atomic E-state index is 0.0781. The number of phosphoric acid groups is 4. The van der Waals surface area contributed by atoms with Crippen molar-refractivity contribution in [2.75, 3.05) is 24.7 Å². The van der Waals surface area contributed by atoms with Gasteiger partial charge in [-0.05, 0) is 0 Å². The van der Waals surface area contributed by atoms with Crippen LogP contribution in [0.1, 0.15) is 12.5 Å². The summed E-state index contributed by atoms with van der Waals surface area (Å²) in [6.45, 7) is -2.43. The van der Waals surface area contributed by atoms with E-state index in [2.05, 4.69) is 46.9 Å². The number of halogens is 1. The number of hydrogen-bond donors (Lipinski definition) is 11. The minimum Gasteiger partial charge on any atom is -0.387 e. The quantitative estimate of drug-likeness (QED) is 0.0433. The Bertz CT molecular complexity index is 2480. The van der Waals surface area contributed by atoms with Crippen LogP contribution in [0.5, 0.6) is 0 Å². The van der Waals surface area contributed by atoms with Crippen molar-refractivity contribution in [3.63, 3.8) is 0 Å². The number of nitrogens with one attached hydrogen (secondary N) is 2. The average molecular weight is 885 g/mol. The molecule has 6 heterocycles. The first-order chi connectivity index (χ1) is 25.9. The van der Waals surface area contributed by atoms with Crippen molar-refractivity contribution in [3.05, 3.63) is 33.4 Å². The molecular formula is C21H30FN10O20P4+. The molecule has 0 amide bonds. The van der Waals surface area contributed by atoms with E-state index in [0.29, 0.717) is 0 Å². The van der Waals surface area contributed by atoms with Crippen LogP contribution < -0.4 is 27.2 Å². The highest BCUT2D eigenvalue weighted by molar-refractivity contribution is 7.69. The monoisotopic (exact) mass is 885 g/mol. The van der Waals surface area contributed by atoms with E-state index in [4.69, 9.17) is 20.9 Å². The van der Waals surface area contributed by atoms with E-state index in [1.54, 1.807) is 0 Å². The molecule has 2 aliphatic heterocycles. The smallest absolute Gasteiger partial charge is 0.387 e. The number of nitrogens with two attached hydrogens (primary N) is 2. The highest BCUT2D eigenvalue weighted by Crippen LogP contribution is 2.71. The predicted octanol–water partition coefficient (Wildman–Crippen LogP) is -3.45. The molecule has 0 aliphatic carbocycles. The van der Waals surface area contributed by atoms with Crippen molar-refractivity contribution in [2.24, 2.45) is 7.05 Å². The number of alkyl halides is 1. The van der Waals surface area contributed by atoms with Crippen molar-refractivity contribution in [1.82, 2.24) is 34.1 Å². The zero-order chi connectivity index (χ0) is 41.3. The number of anilines is 2. The summed E-state index contributed by atoms with van der Waals surface area (Å²) in [6, 6.07) is 0. The molecule has 35 heteroatoms. The Hall–Kier alpha value is -3.41. The van der Waals surface area contributed by atoms with E-state index < -0.39 is 105 Å². The first-order valence-electron chi connectivity index (χ1n) is 15.1. The van der Waals surface area contributed by atoms with Crippen LogP contribution in [0.4, 0.5) is 16.3 Å². The van der Waals surface area contributed by atoms with Crippen molar-refractivity contribution >= 4 is 65.5 Å². The topological polar surface area (TPSA) is 445 Å². The lowest BCUT2D eigenvalue weighted by Crippen LogP contribution is -2.33. The number of hydrogen-bond acceptors (Lipinski definition) is 21. The Labute approximate surface area is 307 Å². The summed E-state index contributed by atoms with van der Waals surface area (Å²) in [7, 11) is -22.9. The van der Waals surface area contributed by atoms with E-state index in [9.17, 15) is 62.7 Å². The number of H-pyrrole nitrogens is 2. The standard InChI is InChI=1S/C21H29FN10O20P4/c1-30-5-32(15-10(30)17(37)29-21(24)27-15)18-8(22)11(33)6(48-18)2-46-53(38,39)50-55(42,43)52-56(44,45)51-54(40,41)47-3-7-12(34)13(35)19(49-7)31-4-25-9-14(31)26-20(23)28-16(9)36/h4-8,11-13,18-19,33-35H,2-3H2,1H3,(H9-,23,24,26,27,28,29,36,37,38,39,40,41,42,43,44,45)/p+1/t6-,7-,8+,11?,12?,13+,18-,19-/m1/s1. The normalized spacial score (nSPS) is 29.9. The van der Waals surface area contributed by atoms with Gasteiger partial charge in [-0.1, -0.05) is 0 Å². The highest BCUT2D eigenvalue weighted by Gasteiger charge is 2.52.